The first-order valence-electron chi connectivity index (χ1n) is 9.43. The molecule has 0 radical (unpaired) electrons. The van der Waals surface area contributed by atoms with Gasteiger partial charge in [-0.15, -0.1) is 0 Å². The van der Waals surface area contributed by atoms with Crippen molar-refractivity contribution in [1.29, 1.82) is 0 Å². The molecule has 0 saturated heterocycles. The van der Waals surface area contributed by atoms with Crippen LogP contribution in [0.3, 0.4) is 0 Å². The lowest BCUT2D eigenvalue weighted by Crippen LogP contribution is -2.35. The molecule has 0 unspecified atom stereocenters. The van der Waals surface area contributed by atoms with Gasteiger partial charge >= 0.3 is 5.97 Å². The number of hydrogen-bond donors (Lipinski definition) is 2. The van der Waals surface area contributed by atoms with Gasteiger partial charge in [-0.05, 0) is 90.8 Å². The van der Waals surface area contributed by atoms with Crippen LogP contribution in [-0.4, -0.2) is 11.1 Å². The summed E-state index contributed by atoms with van der Waals surface area (Å²) in [5, 5.41) is 13.8. The number of nitrogens with one attached hydrogen (secondary N) is 1. The molecular formula is C22H22ClNO2. The molecule has 134 valence electrons. The number of benzene rings is 2. The Labute approximate surface area is 158 Å². The van der Waals surface area contributed by atoms with E-state index >= 15 is 0 Å². The maximum Gasteiger partial charge on any atom is 0.335 e. The largest absolute Gasteiger partial charge is 0.478 e. The minimum Gasteiger partial charge on any atom is -0.478 e. The van der Waals surface area contributed by atoms with E-state index < -0.39 is 5.97 Å². The summed E-state index contributed by atoms with van der Waals surface area (Å²) in [6.45, 7) is 2.12. The molecule has 5 atom stereocenters. The van der Waals surface area contributed by atoms with E-state index in [1.807, 2.05) is 18.2 Å². The van der Waals surface area contributed by atoms with Gasteiger partial charge in [0.15, 0.2) is 0 Å². The fraction of sp³-hybridized carbons (Fsp3) is 0.409. The molecule has 0 amide bonds. The van der Waals surface area contributed by atoms with Gasteiger partial charge in [0.1, 0.15) is 0 Å². The fourth-order valence-electron chi connectivity index (χ4n) is 5.90. The number of hydrogen-bond acceptors (Lipinski definition) is 2. The maximum absolute atomic E-state index is 11.2. The quantitative estimate of drug-likeness (QED) is 0.721. The van der Waals surface area contributed by atoms with E-state index in [4.69, 9.17) is 11.6 Å². The number of fused-ring (bicyclic) bond motifs is 7. The molecule has 4 heteroatoms. The van der Waals surface area contributed by atoms with Crippen molar-refractivity contribution < 1.29 is 9.90 Å². The predicted molar refractivity (Wildman–Crippen MR) is 103 cm³/mol. The minimum absolute atomic E-state index is 0.241. The highest BCUT2D eigenvalue weighted by atomic mass is 35.5. The smallest absolute Gasteiger partial charge is 0.335 e. The van der Waals surface area contributed by atoms with Crippen molar-refractivity contribution >= 4 is 23.3 Å². The SMILES string of the molecule is Cc1cc(Cl)cc2c1N[C@H](c1ccc(C(=O)O)cc1)[C@@H]1[C@H]3CC[C@@H](C3)[C@H]21. The van der Waals surface area contributed by atoms with Crippen molar-refractivity contribution in [3.63, 3.8) is 0 Å². The summed E-state index contributed by atoms with van der Waals surface area (Å²) in [6.07, 6.45) is 3.94. The van der Waals surface area contributed by atoms with Gasteiger partial charge in [0.25, 0.3) is 0 Å². The molecule has 3 nitrogen and oxygen atoms in total. The van der Waals surface area contributed by atoms with Crippen LogP contribution >= 0.6 is 11.6 Å². The minimum atomic E-state index is -0.873. The summed E-state index contributed by atoms with van der Waals surface area (Å²) < 4.78 is 0. The molecule has 2 aliphatic carbocycles. The molecule has 26 heavy (non-hydrogen) atoms. The number of aryl methyl sites for hydroxylation is 1. The summed E-state index contributed by atoms with van der Waals surface area (Å²) in [7, 11) is 0. The first-order valence-corrected chi connectivity index (χ1v) is 9.80. The van der Waals surface area contributed by atoms with Gasteiger partial charge in [-0.2, -0.15) is 0 Å². The first kappa shape index (κ1) is 16.2. The average Bonchev–Trinajstić information content (AvgIpc) is 3.23. The highest BCUT2D eigenvalue weighted by Crippen LogP contribution is 2.64. The second kappa shape index (κ2) is 5.75. The monoisotopic (exact) mass is 367 g/mol. The maximum atomic E-state index is 11.2. The lowest BCUT2D eigenvalue weighted by atomic mass is 9.67. The summed E-state index contributed by atoms with van der Waals surface area (Å²) in [4.78, 5) is 11.2. The van der Waals surface area contributed by atoms with Gasteiger partial charge in [-0.1, -0.05) is 23.7 Å². The van der Waals surface area contributed by atoms with Crippen LogP contribution in [0.1, 0.15) is 58.3 Å². The molecule has 2 bridgehead atoms. The Bertz CT molecular complexity index is 892. The summed E-state index contributed by atoms with van der Waals surface area (Å²) in [5.41, 5.74) is 5.36. The molecule has 2 fully saturated rings. The zero-order valence-corrected chi connectivity index (χ0v) is 15.5. The van der Waals surface area contributed by atoms with Crippen LogP contribution < -0.4 is 5.32 Å². The first-order chi connectivity index (χ1) is 12.5. The third-order valence-electron chi connectivity index (χ3n) is 6.87. The molecule has 1 heterocycles. The molecule has 2 N–H and O–H groups in total. The Kier molecular flexibility index (Phi) is 3.58. The van der Waals surface area contributed by atoms with E-state index in [1.54, 1.807) is 12.1 Å². The lowest BCUT2D eigenvalue weighted by Gasteiger charge is -2.44. The van der Waals surface area contributed by atoms with Gasteiger partial charge in [-0.3, -0.25) is 0 Å². The molecule has 0 aromatic heterocycles. The topological polar surface area (TPSA) is 49.3 Å². The van der Waals surface area contributed by atoms with Crippen LogP contribution in [0.15, 0.2) is 36.4 Å². The summed E-state index contributed by atoms with van der Waals surface area (Å²) in [6, 6.07) is 11.9. The van der Waals surface area contributed by atoms with Crippen molar-refractivity contribution in [2.45, 2.75) is 38.1 Å². The Morgan fingerprint density at radius 3 is 2.62 bits per heavy atom. The Morgan fingerprint density at radius 1 is 1.15 bits per heavy atom. The van der Waals surface area contributed by atoms with Crippen LogP contribution in [0.2, 0.25) is 5.02 Å². The number of aromatic carboxylic acids is 1. The Balaban J connectivity index is 1.61. The average molecular weight is 368 g/mol. The summed E-state index contributed by atoms with van der Waals surface area (Å²) in [5.74, 6) is 1.75. The number of carboxylic acid groups (broad SMARTS) is 1. The van der Waals surface area contributed by atoms with E-state index in [0.29, 0.717) is 17.4 Å². The lowest BCUT2D eigenvalue weighted by molar-refractivity contribution is 0.0697. The summed E-state index contributed by atoms with van der Waals surface area (Å²) >= 11 is 6.39. The van der Waals surface area contributed by atoms with Crippen molar-refractivity contribution in [3.8, 4) is 0 Å². The van der Waals surface area contributed by atoms with Gasteiger partial charge < -0.3 is 10.4 Å². The van der Waals surface area contributed by atoms with Crippen LogP contribution in [0.4, 0.5) is 5.69 Å². The van der Waals surface area contributed by atoms with E-state index in [-0.39, 0.29) is 6.04 Å². The van der Waals surface area contributed by atoms with E-state index in [2.05, 4.69) is 18.3 Å². The standard InChI is InChI=1S/C22H22ClNO2/c1-11-8-16(23)10-17-18-14-6-7-15(9-14)19(18)21(24-20(11)17)12-2-4-13(5-3-12)22(25)26/h2-5,8,10,14-15,18-19,21,24H,6-7,9H2,1H3,(H,25,26)/t14-,15-,18+,19+,21+/m0/s1. The molecule has 0 spiro atoms. The van der Waals surface area contributed by atoms with Crippen LogP contribution in [-0.2, 0) is 0 Å². The number of halogens is 1. The highest BCUT2D eigenvalue weighted by molar-refractivity contribution is 6.30. The number of anilines is 1. The number of carboxylic acids is 1. The van der Waals surface area contributed by atoms with Crippen LogP contribution in [0, 0.1) is 24.7 Å². The van der Waals surface area contributed by atoms with E-state index in [1.165, 1.54) is 41.6 Å². The van der Waals surface area contributed by atoms with Crippen molar-refractivity contribution in [3.05, 3.63) is 63.7 Å². The third-order valence-corrected chi connectivity index (χ3v) is 7.09. The predicted octanol–water partition coefficient (Wildman–Crippen LogP) is 5.64. The second-order valence-electron chi connectivity index (χ2n) is 8.17. The Hall–Kier alpha value is -2.00. The van der Waals surface area contributed by atoms with Gasteiger partial charge in [0.2, 0.25) is 0 Å². The van der Waals surface area contributed by atoms with Gasteiger partial charge in [0.05, 0.1) is 11.6 Å². The third kappa shape index (κ3) is 2.30. The van der Waals surface area contributed by atoms with E-state index in [0.717, 1.165) is 16.9 Å². The van der Waals surface area contributed by atoms with E-state index in [9.17, 15) is 9.90 Å². The van der Waals surface area contributed by atoms with Crippen LogP contribution in [0.5, 0.6) is 0 Å². The highest BCUT2D eigenvalue weighted by Gasteiger charge is 2.54. The molecule has 3 aliphatic rings. The Morgan fingerprint density at radius 2 is 1.88 bits per heavy atom. The van der Waals surface area contributed by atoms with Crippen LogP contribution in [0.25, 0.3) is 0 Å². The molecule has 1 aliphatic heterocycles. The molecule has 2 aromatic carbocycles. The second-order valence-corrected chi connectivity index (χ2v) is 8.61. The molecule has 5 rings (SSSR count). The van der Waals surface area contributed by atoms with Crippen molar-refractivity contribution in [2.75, 3.05) is 5.32 Å². The van der Waals surface area contributed by atoms with Crippen molar-refractivity contribution in [1.82, 2.24) is 0 Å². The normalized spacial score (nSPS) is 31.2. The number of carbonyl (C=O) groups is 1. The fourth-order valence-corrected chi connectivity index (χ4v) is 6.18. The molecule has 2 aromatic rings. The van der Waals surface area contributed by atoms with Gasteiger partial charge in [-0.25, -0.2) is 4.79 Å². The zero-order chi connectivity index (χ0) is 18.0. The molecular weight excluding hydrogens is 346 g/mol. The zero-order valence-electron chi connectivity index (χ0n) is 14.7. The molecule has 2 saturated carbocycles. The van der Waals surface area contributed by atoms with Gasteiger partial charge in [0, 0.05) is 10.7 Å². The van der Waals surface area contributed by atoms with Crippen molar-refractivity contribution in [2.24, 2.45) is 17.8 Å². The number of rotatable bonds is 2.